The number of nitrogens with one attached hydrogen (secondary N) is 1. The number of methoxy groups -OCH3 is 1. The number of furan rings is 1. The summed E-state index contributed by atoms with van der Waals surface area (Å²) in [6.45, 7) is 0. The number of rotatable bonds is 4. The second-order valence-electron chi connectivity index (χ2n) is 6.51. The van der Waals surface area contributed by atoms with Crippen molar-refractivity contribution in [3.05, 3.63) is 77.9 Å². The molecule has 5 nitrogen and oxygen atoms in total. The van der Waals surface area contributed by atoms with Gasteiger partial charge >= 0.3 is 0 Å². The van der Waals surface area contributed by atoms with E-state index >= 15 is 0 Å². The Kier molecular flexibility index (Phi) is 4.26. The molecule has 0 spiro atoms. The molecule has 0 aliphatic rings. The van der Waals surface area contributed by atoms with Crippen molar-refractivity contribution in [3.63, 3.8) is 0 Å². The minimum atomic E-state index is -0.345. The monoisotopic (exact) mass is 400 g/mol. The summed E-state index contributed by atoms with van der Waals surface area (Å²) in [6.07, 6.45) is 0. The van der Waals surface area contributed by atoms with Crippen molar-refractivity contribution in [2.24, 2.45) is 0 Å². The van der Waals surface area contributed by atoms with Gasteiger partial charge in [0, 0.05) is 16.3 Å². The van der Waals surface area contributed by atoms with Crippen LogP contribution in [0.15, 0.2) is 76.5 Å². The van der Waals surface area contributed by atoms with Gasteiger partial charge in [-0.3, -0.25) is 10.1 Å². The number of anilines is 1. The third kappa shape index (κ3) is 3.13. The smallest absolute Gasteiger partial charge is 0.293 e. The molecule has 0 fully saturated rings. The van der Waals surface area contributed by atoms with E-state index in [9.17, 15) is 4.79 Å². The highest BCUT2D eigenvalue weighted by atomic mass is 32.1. The van der Waals surface area contributed by atoms with Gasteiger partial charge in [0.15, 0.2) is 22.2 Å². The zero-order valence-electron chi connectivity index (χ0n) is 15.5. The van der Waals surface area contributed by atoms with Crippen molar-refractivity contribution in [2.75, 3.05) is 12.4 Å². The lowest BCUT2D eigenvalue weighted by molar-refractivity contribution is 0.0998. The van der Waals surface area contributed by atoms with E-state index in [-0.39, 0.29) is 11.7 Å². The van der Waals surface area contributed by atoms with Crippen LogP contribution >= 0.6 is 11.3 Å². The van der Waals surface area contributed by atoms with Gasteiger partial charge in [0.05, 0.1) is 12.8 Å². The summed E-state index contributed by atoms with van der Waals surface area (Å²) in [5, 5.41) is 8.38. The summed E-state index contributed by atoms with van der Waals surface area (Å²) >= 11 is 1.38. The number of benzene rings is 3. The molecule has 3 aromatic carbocycles. The molecule has 0 aliphatic carbocycles. The number of hydrogen-bond donors (Lipinski definition) is 1. The summed E-state index contributed by atoms with van der Waals surface area (Å²) in [7, 11) is 1.57. The van der Waals surface area contributed by atoms with Gasteiger partial charge in [-0.05, 0) is 22.9 Å². The minimum Gasteiger partial charge on any atom is -0.493 e. The summed E-state index contributed by atoms with van der Waals surface area (Å²) in [6, 6.07) is 21.5. The predicted octanol–water partition coefficient (Wildman–Crippen LogP) is 5.97. The Morgan fingerprint density at radius 3 is 2.72 bits per heavy atom. The van der Waals surface area contributed by atoms with Crippen LogP contribution in [0.2, 0.25) is 0 Å². The van der Waals surface area contributed by atoms with E-state index < -0.39 is 0 Å². The lowest BCUT2D eigenvalue weighted by Gasteiger charge is -2.03. The Morgan fingerprint density at radius 2 is 1.83 bits per heavy atom. The fourth-order valence-electron chi connectivity index (χ4n) is 3.37. The molecule has 6 heteroatoms. The molecule has 0 atom stereocenters. The first-order valence-electron chi connectivity index (χ1n) is 9.04. The highest BCUT2D eigenvalue weighted by Gasteiger charge is 2.17. The Bertz CT molecular complexity index is 1350. The zero-order valence-corrected chi connectivity index (χ0v) is 16.3. The zero-order chi connectivity index (χ0) is 19.8. The number of ether oxygens (including phenoxy) is 1. The van der Waals surface area contributed by atoms with Gasteiger partial charge in [0.25, 0.3) is 5.91 Å². The van der Waals surface area contributed by atoms with Crippen LogP contribution in [0.25, 0.3) is 33.0 Å². The standard InChI is InChI=1S/C23H16N2O3S/c1-27-19-11-5-8-15-12-20(28-21(15)19)22(26)25-23-24-18(13-29-23)17-10-4-7-14-6-2-3-9-16(14)17/h2-13H,1H3,(H,24,25,26). The van der Waals surface area contributed by atoms with Crippen LogP contribution in [0.4, 0.5) is 5.13 Å². The first-order chi connectivity index (χ1) is 14.2. The number of carbonyl (C=O) groups is 1. The van der Waals surface area contributed by atoms with Gasteiger partial charge in [0.2, 0.25) is 0 Å². The van der Waals surface area contributed by atoms with Crippen molar-refractivity contribution < 1.29 is 13.9 Å². The summed E-state index contributed by atoms with van der Waals surface area (Å²) in [5.74, 6) is 0.461. The number of nitrogens with zero attached hydrogens (tertiary/aromatic N) is 1. The molecule has 2 aromatic heterocycles. The van der Waals surface area contributed by atoms with Crippen LogP contribution in [-0.2, 0) is 0 Å². The maximum absolute atomic E-state index is 12.7. The van der Waals surface area contributed by atoms with Crippen molar-refractivity contribution in [1.82, 2.24) is 4.98 Å². The fourth-order valence-corrected chi connectivity index (χ4v) is 4.08. The molecule has 0 radical (unpaired) electrons. The summed E-state index contributed by atoms with van der Waals surface area (Å²) in [4.78, 5) is 17.3. The van der Waals surface area contributed by atoms with Gasteiger partial charge < -0.3 is 9.15 Å². The topological polar surface area (TPSA) is 64.4 Å². The van der Waals surface area contributed by atoms with E-state index in [1.165, 1.54) is 11.3 Å². The number of carbonyl (C=O) groups excluding carboxylic acids is 1. The van der Waals surface area contributed by atoms with Crippen LogP contribution in [0.3, 0.4) is 0 Å². The molecule has 2 heterocycles. The SMILES string of the molecule is COc1cccc2cc(C(=O)Nc3nc(-c4cccc5ccccc45)cs3)oc12. The average molecular weight is 400 g/mol. The van der Waals surface area contributed by atoms with Gasteiger partial charge in [0.1, 0.15) is 0 Å². The van der Waals surface area contributed by atoms with Crippen LogP contribution in [0.5, 0.6) is 5.75 Å². The second-order valence-corrected chi connectivity index (χ2v) is 7.37. The number of amides is 1. The van der Waals surface area contributed by atoms with Gasteiger partial charge in [-0.15, -0.1) is 11.3 Å². The summed E-state index contributed by atoms with van der Waals surface area (Å²) in [5.41, 5.74) is 2.41. The van der Waals surface area contributed by atoms with E-state index in [1.54, 1.807) is 19.2 Å². The average Bonchev–Trinajstić information content (AvgIpc) is 3.40. The lowest BCUT2D eigenvalue weighted by atomic mass is 10.0. The van der Waals surface area contributed by atoms with E-state index in [1.807, 2.05) is 41.8 Å². The van der Waals surface area contributed by atoms with Crippen molar-refractivity contribution in [2.45, 2.75) is 0 Å². The Hall–Kier alpha value is -3.64. The van der Waals surface area contributed by atoms with E-state index in [0.717, 1.165) is 27.4 Å². The summed E-state index contributed by atoms with van der Waals surface area (Å²) < 4.78 is 11.0. The largest absolute Gasteiger partial charge is 0.493 e. The van der Waals surface area contributed by atoms with E-state index in [4.69, 9.17) is 9.15 Å². The Morgan fingerprint density at radius 1 is 1.03 bits per heavy atom. The number of thiazole rings is 1. The molecule has 0 saturated heterocycles. The first kappa shape index (κ1) is 17.5. The van der Waals surface area contributed by atoms with Crippen LogP contribution in [-0.4, -0.2) is 18.0 Å². The maximum Gasteiger partial charge on any atom is 0.293 e. The molecule has 5 rings (SSSR count). The first-order valence-corrected chi connectivity index (χ1v) is 9.92. The quantitative estimate of drug-likeness (QED) is 0.404. The molecule has 142 valence electrons. The van der Waals surface area contributed by atoms with Gasteiger partial charge in [-0.25, -0.2) is 4.98 Å². The normalized spacial score (nSPS) is 11.1. The highest BCUT2D eigenvalue weighted by Crippen LogP contribution is 2.32. The highest BCUT2D eigenvalue weighted by molar-refractivity contribution is 7.14. The van der Waals surface area contributed by atoms with Crippen molar-refractivity contribution in [1.29, 1.82) is 0 Å². The molecule has 0 aliphatic heterocycles. The number of fused-ring (bicyclic) bond motifs is 2. The predicted molar refractivity (Wildman–Crippen MR) is 116 cm³/mol. The molecule has 5 aromatic rings. The molecule has 29 heavy (non-hydrogen) atoms. The third-order valence-corrected chi connectivity index (χ3v) is 5.50. The van der Waals surface area contributed by atoms with Gasteiger partial charge in [-0.1, -0.05) is 54.6 Å². The molecule has 0 saturated carbocycles. The van der Waals surface area contributed by atoms with Crippen molar-refractivity contribution in [3.8, 4) is 17.0 Å². The molecule has 1 N–H and O–H groups in total. The number of para-hydroxylation sites is 1. The third-order valence-electron chi connectivity index (χ3n) is 4.74. The van der Waals surface area contributed by atoms with Crippen LogP contribution < -0.4 is 10.1 Å². The van der Waals surface area contributed by atoms with E-state index in [2.05, 4.69) is 28.5 Å². The molecular weight excluding hydrogens is 384 g/mol. The Balaban J connectivity index is 1.43. The number of aromatic nitrogens is 1. The maximum atomic E-state index is 12.7. The lowest BCUT2D eigenvalue weighted by Crippen LogP contribution is -2.10. The molecule has 1 amide bonds. The molecule has 0 bridgehead atoms. The van der Waals surface area contributed by atoms with Gasteiger partial charge in [-0.2, -0.15) is 0 Å². The fraction of sp³-hybridized carbons (Fsp3) is 0.0435. The van der Waals surface area contributed by atoms with Crippen molar-refractivity contribution >= 4 is 44.1 Å². The van der Waals surface area contributed by atoms with Crippen LogP contribution in [0, 0.1) is 0 Å². The Labute approximate surface area is 170 Å². The number of hydrogen-bond acceptors (Lipinski definition) is 5. The second kappa shape index (κ2) is 7.07. The van der Waals surface area contributed by atoms with E-state index in [0.29, 0.717) is 16.5 Å². The van der Waals surface area contributed by atoms with Crippen LogP contribution in [0.1, 0.15) is 10.6 Å². The molecular formula is C23H16N2O3S. The molecule has 0 unspecified atom stereocenters. The minimum absolute atomic E-state index is 0.214.